The zero-order chi connectivity index (χ0) is 68.8. The summed E-state index contributed by atoms with van der Waals surface area (Å²) in [6.45, 7) is 18.0. The van der Waals surface area contributed by atoms with Crippen molar-refractivity contribution in [2.24, 2.45) is 11.8 Å². The smallest absolute Gasteiger partial charge is 0.333 e. The minimum Gasteiger partial charge on any atom is -0.461 e. The molecule has 6 unspecified atom stereocenters. The average Bonchev–Trinajstić information content (AvgIpc) is 0.672. The third kappa shape index (κ3) is 12.8. The molecule has 0 N–H and O–H groups in total. The highest BCUT2D eigenvalue weighted by Gasteiger charge is 2.48. The molecular formula is C80H74N2O16. The standard InChI is InChI=1S/C80H74N2O16/c1-43(2)35-59(79(89)97-53-33-21-31-51(37-53)95-77(87)45(5)6)81-73(83)55-39-61(91-47-23-13-9-14-24-47)67-69-63(93-49-27-17-11-18-28-49)41-57-66-58(76(86)82(75(57)85)60(36-44(3)4)80(90)98-54-34-22-32-52(38-54)96-78(88)46(7)8)42-64(94-50-29-19-12-20-30-50)70(72(66)69)68-62(92-48-25-15-10-16-26-48)40-56(74(81)84)65(55)71(67)68/h9-20,23-30,39-44,51-54,59-60H,5,7,21-22,31-38H2,1-4,6,8H3. The number of esters is 4. The minimum absolute atomic E-state index is 0.0108. The predicted octanol–water partition coefficient (Wildman–Crippen LogP) is 16.9. The number of ether oxygens (including phenoxy) is 8. The lowest BCUT2D eigenvalue weighted by atomic mass is 9.80. The number of para-hydroxylation sites is 4. The SMILES string of the molecule is C=C(C)C(=O)OC1CCCC(OC(=O)C(CC(C)C)N2C(=O)c3cc(Oc4ccccc4)c4c5c(Oc6ccccc6)cc6c7c(cc(Oc8ccccc8)c(c8c(Oc9ccccc9)cc(c3c48)C2=O)c75)C(=O)N(C(CC(C)C)C(=O)OC2CCCC(OC(=O)C(=C)C)C2)C6=O)C1. The van der Waals surface area contributed by atoms with Crippen LogP contribution >= 0.6 is 0 Å². The molecule has 18 heteroatoms. The number of carbonyl (C=O) groups is 8. The van der Waals surface area contributed by atoms with E-state index in [1.54, 1.807) is 135 Å². The molecule has 500 valence electrons. The van der Waals surface area contributed by atoms with Crippen LogP contribution in [0.5, 0.6) is 46.0 Å². The van der Waals surface area contributed by atoms with E-state index in [2.05, 4.69) is 13.2 Å². The number of rotatable bonds is 22. The molecule has 4 aliphatic rings. The Hall–Kier alpha value is -10.9. The number of nitrogens with zero attached hydrogens (tertiary/aromatic N) is 2. The van der Waals surface area contributed by atoms with Gasteiger partial charge < -0.3 is 37.9 Å². The number of amides is 4. The van der Waals surface area contributed by atoms with Gasteiger partial charge in [0.05, 0.1) is 22.3 Å². The highest BCUT2D eigenvalue weighted by Crippen LogP contribution is 2.58. The Kier molecular flexibility index (Phi) is 18.3. The maximum absolute atomic E-state index is 16.2. The van der Waals surface area contributed by atoms with Crippen molar-refractivity contribution in [2.45, 2.75) is 142 Å². The number of carbonyl (C=O) groups excluding carboxylic acids is 8. The van der Waals surface area contributed by atoms with Crippen LogP contribution in [0, 0.1) is 11.8 Å². The fourth-order valence-corrected chi connectivity index (χ4v) is 14.0. The van der Waals surface area contributed by atoms with Crippen LogP contribution in [0.15, 0.2) is 170 Å². The van der Waals surface area contributed by atoms with Crippen molar-refractivity contribution >= 4 is 90.6 Å². The van der Waals surface area contributed by atoms with Crippen molar-refractivity contribution in [1.29, 1.82) is 0 Å². The summed E-state index contributed by atoms with van der Waals surface area (Å²) in [5.74, 6) is -4.97. The summed E-state index contributed by atoms with van der Waals surface area (Å²) in [7, 11) is 0. The Morgan fingerprint density at radius 1 is 0.388 bits per heavy atom. The molecule has 2 aliphatic heterocycles. The normalized spacial score (nSPS) is 18.2. The molecule has 9 aromatic carbocycles. The molecule has 18 nitrogen and oxygen atoms in total. The second kappa shape index (κ2) is 27.3. The molecule has 0 saturated heterocycles. The van der Waals surface area contributed by atoms with Gasteiger partial charge in [0.2, 0.25) is 0 Å². The first-order valence-electron chi connectivity index (χ1n) is 33.4. The zero-order valence-corrected chi connectivity index (χ0v) is 55.4. The van der Waals surface area contributed by atoms with Gasteiger partial charge in [0.25, 0.3) is 23.6 Å². The molecule has 0 aromatic heterocycles. The summed E-state index contributed by atoms with van der Waals surface area (Å²) in [6, 6.07) is 38.7. The lowest BCUT2D eigenvalue weighted by Gasteiger charge is -2.37. The van der Waals surface area contributed by atoms with Gasteiger partial charge in [-0.25, -0.2) is 19.2 Å². The van der Waals surface area contributed by atoms with Gasteiger partial charge in [-0.3, -0.25) is 29.0 Å². The first-order valence-corrected chi connectivity index (χ1v) is 33.4. The summed E-state index contributed by atoms with van der Waals surface area (Å²) in [5.41, 5.74) is 0.384. The Bertz CT molecular complexity index is 4190. The molecule has 0 spiro atoms. The third-order valence-corrected chi connectivity index (χ3v) is 18.4. The molecule has 2 heterocycles. The predicted molar refractivity (Wildman–Crippen MR) is 367 cm³/mol. The highest BCUT2D eigenvalue weighted by molar-refractivity contribution is 6.45. The molecule has 4 amide bonds. The molecule has 2 aliphatic carbocycles. The molecular weight excluding hydrogens is 1240 g/mol. The van der Waals surface area contributed by atoms with Gasteiger partial charge in [-0.1, -0.05) is 114 Å². The zero-order valence-electron chi connectivity index (χ0n) is 55.4. The van der Waals surface area contributed by atoms with E-state index < -0.39 is 84.0 Å². The van der Waals surface area contributed by atoms with Crippen LogP contribution in [0.3, 0.4) is 0 Å². The summed E-state index contributed by atoms with van der Waals surface area (Å²) in [6.07, 6.45) is 1.04. The molecule has 6 atom stereocenters. The molecule has 0 radical (unpaired) electrons. The Morgan fingerprint density at radius 3 is 0.888 bits per heavy atom. The number of imide groups is 2. The van der Waals surface area contributed by atoms with Gasteiger partial charge in [0, 0.05) is 67.1 Å². The van der Waals surface area contributed by atoms with Gasteiger partial charge in [-0.15, -0.1) is 0 Å². The van der Waals surface area contributed by atoms with E-state index in [4.69, 9.17) is 37.9 Å². The van der Waals surface area contributed by atoms with Crippen molar-refractivity contribution in [3.8, 4) is 46.0 Å². The van der Waals surface area contributed by atoms with E-state index in [9.17, 15) is 9.59 Å². The number of hydrogen-bond acceptors (Lipinski definition) is 16. The maximum atomic E-state index is 16.2. The van der Waals surface area contributed by atoms with E-state index in [0.717, 1.165) is 9.80 Å². The number of fused-ring (bicyclic) bond motifs is 2. The van der Waals surface area contributed by atoms with Gasteiger partial charge in [0.1, 0.15) is 82.5 Å². The van der Waals surface area contributed by atoms with Crippen molar-refractivity contribution in [3.63, 3.8) is 0 Å². The average molecular weight is 1320 g/mol. The first kappa shape index (κ1) is 65.8. The van der Waals surface area contributed by atoms with Gasteiger partial charge in [0.15, 0.2) is 0 Å². The van der Waals surface area contributed by atoms with Gasteiger partial charge in [-0.2, -0.15) is 0 Å². The second-order valence-corrected chi connectivity index (χ2v) is 26.7. The molecule has 0 bridgehead atoms. The number of hydrogen-bond donors (Lipinski definition) is 0. The van der Waals surface area contributed by atoms with Crippen LogP contribution in [0.2, 0.25) is 0 Å². The molecule has 2 fully saturated rings. The monoisotopic (exact) mass is 1320 g/mol. The highest BCUT2D eigenvalue weighted by atomic mass is 16.6. The molecule has 2 saturated carbocycles. The van der Waals surface area contributed by atoms with Crippen molar-refractivity contribution in [3.05, 3.63) is 192 Å². The third-order valence-electron chi connectivity index (χ3n) is 18.4. The van der Waals surface area contributed by atoms with E-state index in [-0.39, 0.29) is 137 Å². The van der Waals surface area contributed by atoms with Crippen molar-refractivity contribution < 1.29 is 76.3 Å². The summed E-state index contributed by atoms with van der Waals surface area (Å²) < 4.78 is 52.4. The Morgan fingerprint density at radius 2 is 0.643 bits per heavy atom. The van der Waals surface area contributed by atoms with Crippen LogP contribution in [0.4, 0.5) is 0 Å². The van der Waals surface area contributed by atoms with E-state index in [1.165, 1.54) is 0 Å². The summed E-state index contributed by atoms with van der Waals surface area (Å²) in [5, 5.41) is 1.92. The van der Waals surface area contributed by atoms with E-state index in [0.29, 0.717) is 61.5 Å². The van der Waals surface area contributed by atoms with Gasteiger partial charge >= 0.3 is 23.9 Å². The minimum atomic E-state index is -1.45. The van der Waals surface area contributed by atoms with Crippen LogP contribution in [-0.2, 0) is 38.1 Å². The van der Waals surface area contributed by atoms with Gasteiger partial charge in [-0.05, 0) is 150 Å². The number of benzene rings is 9. The largest absolute Gasteiger partial charge is 0.461 e. The Balaban J connectivity index is 1.08. The van der Waals surface area contributed by atoms with E-state index >= 15 is 28.8 Å². The van der Waals surface area contributed by atoms with E-state index in [1.807, 2.05) is 52.0 Å². The van der Waals surface area contributed by atoms with Crippen molar-refractivity contribution in [1.82, 2.24) is 9.80 Å². The lowest BCUT2D eigenvalue weighted by molar-refractivity contribution is -0.162. The molecule has 13 rings (SSSR count). The Labute approximate surface area is 566 Å². The quantitative estimate of drug-likeness (QED) is 0.0154. The molecule has 9 aromatic rings. The summed E-state index contributed by atoms with van der Waals surface area (Å²) >= 11 is 0. The topological polar surface area (TPSA) is 217 Å². The lowest BCUT2D eigenvalue weighted by Crippen LogP contribution is -2.52. The fraction of sp³-hybridized carbons (Fsp3) is 0.300. The van der Waals surface area contributed by atoms with Crippen LogP contribution in [0.1, 0.15) is 147 Å². The summed E-state index contributed by atoms with van der Waals surface area (Å²) in [4.78, 5) is 122. The van der Waals surface area contributed by atoms with Crippen molar-refractivity contribution in [2.75, 3.05) is 0 Å². The maximum Gasteiger partial charge on any atom is 0.333 e. The van der Waals surface area contributed by atoms with Crippen LogP contribution < -0.4 is 18.9 Å². The van der Waals surface area contributed by atoms with Crippen LogP contribution in [-0.4, -0.2) is 93.8 Å². The fourth-order valence-electron chi connectivity index (χ4n) is 14.0. The molecule has 98 heavy (non-hydrogen) atoms. The second-order valence-electron chi connectivity index (χ2n) is 26.7. The first-order chi connectivity index (χ1) is 47.2. The van der Waals surface area contributed by atoms with Crippen LogP contribution in [0.25, 0.3) is 43.1 Å².